The molecule has 6 rings (SSSR count). The number of carbonyl (C=O) groups excluding carboxylic acids is 1. The van der Waals surface area contributed by atoms with E-state index in [0.29, 0.717) is 0 Å². The van der Waals surface area contributed by atoms with Crippen LogP contribution >= 0.6 is 0 Å². The van der Waals surface area contributed by atoms with E-state index in [0.717, 1.165) is 73.7 Å². The molecular weight excluding hydrogens is 450 g/mol. The summed E-state index contributed by atoms with van der Waals surface area (Å²) in [7, 11) is 0. The normalized spacial score (nSPS) is 17.1. The predicted molar refractivity (Wildman–Crippen MR) is 140 cm³/mol. The fraction of sp³-hybridized carbons (Fsp3) is 0.276. The van der Waals surface area contributed by atoms with E-state index >= 15 is 0 Å². The number of fused-ring (bicyclic) bond motifs is 1. The monoisotopic (exact) mass is 479 g/mol. The molecule has 0 unspecified atom stereocenters. The number of benzene rings is 2. The average molecular weight is 480 g/mol. The molecule has 7 nitrogen and oxygen atoms in total. The van der Waals surface area contributed by atoms with Crippen molar-refractivity contribution in [1.29, 1.82) is 0 Å². The van der Waals surface area contributed by atoms with E-state index in [1.54, 1.807) is 18.6 Å². The fourth-order valence-electron chi connectivity index (χ4n) is 5.27. The topological polar surface area (TPSA) is 70.6 Å². The van der Waals surface area contributed by atoms with Gasteiger partial charge in [0.1, 0.15) is 11.5 Å². The number of carbonyl (C=O) groups is 1. The Labute approximate surface area is 210 Å². The first-order valence-corrected chi connectivity index (χ1v) is 12.4. The summed E-state index contributed by atoms with van der Waals surface area (Å²) in [6.07, 6.45) is 7.41. The number of likely N-dealkylation sites (tertiary alicyclic amines) is 2. The maximum Gasteiger partial charge on any atom is 0.321 e. The Hall–Kier alpha value is -3.97. The highest BCUT2D eigenvalue weighted by atomic mass is 16.5. The molecule has 0 saturated carbocycles. The molecule has 0 atom stereocenters. The van der Waals surface area contributed by atoms with E-state index in [2.05, 4.69) is 38.4 Å². The maximum atomic E-state index is 12.5. The van der Waals surface area contributed by atoms with Gasteiger partial charge in [-0.3, -0.25) is 14.9 Å². The van der Waals surface area contributed by atoms with Gasteiger partial charge < -0.3 is 15.0 Å². The van der Waals surface area contributed by atoms with Gasteiger partial charge in [-0.2, -0.15) is 0 Å². The molecule has 2 aromatic carbocycles. The number of urea groups is 1. The van der Waals surface area contributed by atoms with Crippen LogP contribution in [-0.2, 0) is 6.54 Å². The quantitative estimate of drug-likeness (QED) is 0.406. The van der Waals surface area contributed by atoms with Gasteiger partial charge in [-0.05, 0) is 80.0 Å². The van der Waals surface area contributed by atoms with Crippen LogP contribution in [0.15, 0.2) is 85.3 Å². The van der Waals surface area contributed by atoms with Crippen LogP contribution in [0.25, 0.3) is 10.9 Å². The molecule has 2 amide bonds. The molecule has 1 spiro atoms. The Bertz CT molecular complexity index is 1360. The number of hydrogen-bond donors (Lipinski definition) is 1. The lowest BCUT2D eigenvalue weighted by molar-refractivity contribution is -0.0200. The van der Waals surface area contributed by atoms with Gasteiger partial charge in [0.2, 0.25) is 0 Å². The van der Waals surface area contributed by atoms with Gasteiger partial charge in [0.25, 0.3) is 0 Å². The van der Waals surface area contributed by atoms with E-state index in [-0.39, 0.29) is 11.4 Å². The third-order valence-corrected chi connectivity index (χ3v) is 7.28. The summed E-state index contributed by atoms with van der Waals surface area (Å²) in [6.45, 7) is 4.65. The van der Waals surface area contributed by atoms with E-state index in [1.807, 2.05) is 53.4 Å². The predicted octanol–water partition coefficient (Wildman–Crippen LogP) is 5.55. The number of rotatable bonds is 5. The van der Waals surface area contributed by atoms with Crippen molar-refractivity contribution < 1.29 is 9.53 Å². The van der Waals surface area contributed by atoms with Gasteiger partial charge in [0.05, 0.1) is 17.4 Å². The highest BCUT2D eigenvalue weighted by molar-refractivity contribution is 5.89. The summed E-state index contributed by atoms with van der Waals surface area (Å²) in [4.78, 5) is 25.4. The molecule has 0 radical (unpaired) electrons. The van der Waals surface area contributed by atoms with Gasteiger partial charge >= 0.3 is 6.03 Å². The lowest BCUT2D eigenvalue weighted by Crippen LogP contribution is -2.62. The minimum atomic E-state index is -0.0319. The van der Waals surface area contributed by atoms with Crippen LogP contribution in [0.5, 0.6) is 11.5 Å². The van der Waals surface area contributed by atoms with Crippen LogP contribution in [0.4, 0.5) is 10.5 Å². The summed E-state index contributed by atoms with van der Waals surface area (Å²) >= 11 is 0. The number of aromatic nitrogens is 2. The zero-order valence-electron chi connectivity index (χ0n) is 20.1. The van der Waals surface area contributed by atoms with Crippen molar-refractivity contribution in [3.63, 3.8) is 0 Å². The van der Waals surface area contributed by atoms with Crippen molar-refractivity contribution in [2.24, 2.45) is 5.41 Å². The van der Waals surface area contributed by atoms with Crippen molar-refractivity contribution in [2.45, 2.75) is 19.4 Å². The number of ether oxygens (including phenoxy) is 1. The first-order chi connectivity index (χ1) is 17.6. The van der Waals surface area contributed by atoms with Crippen molar-refractivity contribution in [3.8, 4) is 11.5 Å². The number of nitrogens with zero attached hydrogens (tertiary/aromatic N) is 4. The number of pyridine rings is 2. The number of piperidine rings is 1. The maximum absolute atomic E-state index is 12.5. The first-order valence-electron chi connectivity index (χ1n) is 12.4. The van der Waals surface area contributed by atoms with Gasteiger partial charge in [0, 0.05) is 42.8 Å². The SMILES string of the molecule is O=C(Nc1cccnc1)N1CC2(CCN(Cc3cccc(Oc4ccc5ncccc5c4)c3)CC2)C1. The molecule has 2 saturated heterocycles. The smallest absolute Gasteiger partial charge is 0.321 e. The molecule has 36 heavy (non-hydrogen) atoms. The second kappa shape index (κ2) is 9.59. The highest BCUT2D eigenvalue weighted by Gasteiger charge is 2.46. The second-order valence-electron chi connectivity index (χ2n) is 9.91. The molecule has 7 heteroatoms. The third-order valence-electron chi connectivity index (χ3n) is 7.28. The molecule has 4 aromatic rings. The molecule has 2 fully saturated rings. The van der Waals surface area contributed by atoms with Gasteiger partial charge in [-0.25, -0.2) is 4.79 Å². The molecule has 0 aliphatic carbocycles. The first kappa shape index (κ1) is 22.5. The van der Waals surface area contributed by atoms with E-state index in [9.17, 15) is 4.79 Å². The summed E-state index contributed by atoms with van der Waals surface area (Å²) in [6, 6.07) is 22.0. The standard InChI is InChI=1S/C29H29N5O2/c35-28(32-24-6-3-12-30-18-24)34-20-29(21-34)10-14-33(15-11-29)19-22-4-1-7-25(16-22)36-26-8-9-27-23(17-26)5-2-13-31-27/h1-9,12-13,16-18H,10-11,14-15,19-21H2,(H,32,35). The molecule has 0 bridgehead atoms. The summed E-state index contributed by atoms with van der Waals surface area (Å²) < 4.78 is 6.16. The second-order valence-corrected chi connectivity index (χ2v) is 9.91. The lowest BCUT2D eigenvalue weighted by atomic mass is 9.72. The minimum Gasteiger partial charge on any atom is -0.457 e. The van der Waals surface area contributed by atoms with Crippen molar-refractivity contribution in [2.75, 3.05) is 31.5 Å². The van der Waals surface area contributed by atoms with E-state index in [4.69, 9.17) is 4.74 Å². The van der Waals surface area contributed by atoms with Gasteiger partial charge in [0.15, 0.2) is 0 Å². The Morgan fingerprint density at radius 2 is 1.78 bits per heavy atom. The zero-order chi connectivity index (χ0) is 24.4. The van der Waals surface area contributed by atoms with Crippen LogP contribution in [0.2, 0.25) is 0 Å². The van der Waals surface area contributed by atoms with Crippen LogP contribution < -0.4 is 10.1 Å². The van der Waals surface area contributed by atoms with Gasteiger partial charge in [-0.15, -0.1) is 0 Å². The lowest BCUT2D eigenvalue weighted by Gasteiger charge is -2.53. The van der Waals surface area contributed by atoms with Crippen LogP contribution in [0, 0.1) is 5.41 Å². The molecule has 1 N–H and O–H groups in total. The molecular formula is C29H29N5O2. The average Bonchev–Trinajstić information content (AvgIpc) is 2.89. The zero-order valence-corrected chi connectivity index (χ0v) is 20.1. The number of anilines is 1. The number of hydrogen-bond acceptors (Lipinski definition) is 5. The van der Waals surface area contributed by atoms with E-state index in [1.165, 1.54) is 5.56 Å². The summed E-state index contributed by atoms with van der Waals surface area (Å²) in [5.41, 5.74) is 3.21. The van der Waals surface area contributed by atoms with Crippen molar-refractivity contribution in [1.82, 2.24) is 19.8 Å². The molecule has 182 valence electrons. The Kier molecular flexibility index (Phi) is 5.99. The Morgan fingerprint density at radius 1 is 0.944 bits per heavy atom. The highest BCUT2D eigenvalue weighted by Crippen LogP contribution is 2.41. The molecule has 4 heterocycles. The van der Waals surface area contributed by atoms with Crippen molar-refractivity contribution in [3.05, 3.63) is 90.9 Å². The largest absolute Gasteiger partial charge is 0.457 e. The Balaban J connectivity index is 1.01. The fourth-order valence-corrected chi connectivity index (χ4v) is 5.27. The van der Waals surface area contributed by atoms with Crippen LogP contribution in [0.3, 0.4) is 0 Å². The van der Waals surface area contributed by atoms with Crippen LogP contribution in [0.1, 0.15) is 18.4 Å². The number of nitrogens with one attached hydrogen (secondary N) is 1. The van der Waals surface area contributed by atoms with Crippen molar-refractivity contribution >= 4 is 22.6 Å². The summed E-state index contributed by atoms with van der Waals surface area (Å²) in [5.74, 6) is 1.66. The van der Waals surface area contributed by atoms with E-state index < -0.39 is 0 Å². The van der Waals surface area contributed by atoms with Crippen LogP contribution in [-0.4, -0.2) is 52.0 Å². The number of amides is 2. The summed E-state index contributed by atoms with van der Waals surface area (Å²) in [5, 5.41) is 4.00. The minimum absolute atomic E-state index is 0.0319. The van der Waals surface area contributed by atoms with Gasteiger partial charge in [-0.1, -0.05) is 18.2 Å². The Morgan fingerprint density at radius 3 is 2.61 bits per heavy atom. The molecule has 2 aromatic heterocycles. The third kappa shape index (κ3) is 4.88. The molecule has 2 aliphatic heterocycles. The molecule has 2 aliphatic rings.